The second-order valence-corrected chi connectivity index (χ2v) is 10.3. The van der Waals surface area contributed by atoms with Crippen molar-refractivity contribution in [2.24, 2.45) is 0 Å². The molecule has 3 aromatic carbocycles. The molecule has 2 aliphatic rings. The van der Waals surface area contributed by atoms with Crippen LogP contribution in [-0.4, -0.2) is 29.9 Å². The van der Waals surface area contributed by atoms with Gasteiger partial charge in [0, 0.05) is 11.6 Å². The molecule has 4 nitrogen and oxygen atoms in total. The van der Waals surface area contributed by atoms with E-state index in [0.717, 1.165) is 55.3 Å². The number of carbonyl (C=O) groups is 1. The lowest BCUT2D eigenvalue weighted by Gasteiger charge is -2.36. The normalized spacial score (nSPS) is 18.8. The summed E-state index contributed by atoms with van der Waals surface area (Å²) in [5, 5.41) is 2.54. The van der Waals surface area contributed by atoms with E-state index in [-0.39, 0.29) is 11.4 Å². The third kappa shape index (κ3) is 5.63. The first kappa shape index (κ1) is 26.0. The van der Waals surface area contributed by atoms with Crippen LogP contribution in [0.15, 0.2) is 72.8 Å². The number of carbonyl (C=O) groups excluding carboxylic acids is 1. The molecule has 198 valence electrons. The fourth-order valence-corrected chi connectivity index (χ4v) is 5.72. The molecule has 38 heavy (non-hydrogen) atoms. The highest BCUT2D eigenvalue weighted by molar-refractivity contribution is 6.06. The summed E-state index contributed by atoms with van der Waals surface area (Å²) in [5.74, 6) is 0.138. The quantitative estimate of drug-likeness (QED) is 0.349. The summed E-state index contributed by atoms with van der Waals surface area (Å²) in [5.41, 5.74) is 10.2. The van der Waals surface area contributed by atoms with E-state index >= 15 is 0 Å². The number of alkyl halides is 3. The molecule has 1 fully saturated rings. The van der Waals surface area contributed by atoms with E-state index in [4.69, 9.17) is 5.73 Å². The van der Waals surface area contributed by atoms with Gasteiger partial charge in [0.15, 0.2) is 0 Å². The van der Waals surface area contributed by atoms with E-state index in [9.17, 15) is 18.0 Å². The fourth-order valence-electron chi connectivity index (χ4n) is 5.72. The van der Waals surface area contributed by atoms with Crippen molar-refractivity contribution < 1.29 is 18.0 Å². The first-order valence-electron chi connectivity index (χ1n) is 13.1. The Hall–Kier alpha value is -3.58. The highest BCUT2D eigenvalue weighted by Crippen LogP contribution is 2.37. The first-order chi connectivity index (χ1) is 18.2. The molecule has 1 aliphatic carbocycles. The average Bonchev–Trinajstić information content (AvgIpc) is 3.40. The summed E-state index contributed by atoms with van der Waals surface area (Å²) >= 11 is 0. The van der Waals surface area contributed by atoms with Crippen molar-refractivity contribution in [2.75, 3.05) is 24.1 Å². The van der Waals surface area contributed by atoms with Crippen LogP contribution in [0.5, 0.6) is 0 Å². The number of piperidine rings is 1. The van der Waals surface area contributed by atoms with Gasteiger partial charge in [-0.15, -0.1) is 0 Å². The number of nitrogens with zero attached hydrogens (tertiary/aromatic N) is 1. The van der Waals surface area contributed by atoms with E-state index in [2.05, 4.69) is 46.6 Å². The zero-order valence-corrected chi connectivity index (χ0v) is 21.4. The summed E-state index contributed by atoms with van der Waals surface area (Å²) < 4.78 is 39.2. The van der Waals surface area contributed by atoms with Crippen LogP contribution in [0.1, 0.15) is 64.2 Å². The topological polar surface area (TPSA) is 58.4 Å². The van der Waals surface area contributed by atoms with Gasteiger partial charge in [-0.25, -0.2) is 0 Å². The second-order valence-electron chi connectivity index (χ2n) is 10.3. The van der Waals surface area contributed by atoms with Crippen molar-refractivity contribution in [3.63, 3.8) is 0 Å². The summed E-state index contributed by atoms with van der Waals surface area (Å²) in [6, 6.07) is 19.6. The monoisotopic (exact) mass is 519 g/mol. The largest absolute Gasteiger partial charge is 0.416 e. The molecule has 1 atom stereocenters. The van der Waals surface area contributed by atoms with Crippen LogP contribution in [0, 0.1) is 6.92 Å². The number of nitrogens with one attached hydrogen (secondary N) is 1. The van der Waals surface area contributed by atoms with Crippen LogP contribution < -0.4 is 11.1 Å². The second kappa shape index (κ2) is 10.7. The molecule has 0 radical (unpaired) electrons. The number of halogens is 3. The lowest BCUT2D eigenvalue weighted by atomic mass is 9.88. The van der Waals surface area contributed by atoms with Gasteiger partial charge in [-0.3, -0.25) is 9.69 Å². The van der Waals surface area contributed by atoms with Gasteiger partial charge in [-0.2, -0.15) is 13.2 Å². The molecule has 1 heterocycles. The minimum atomic E-state index is -4.52. The van der Waals surface area contributed by atoms with Gasteiger partial charge in [0.2, 0.25) is 0 Å². The predicted molar refractivity (Wildman–Crippen MR) is 146 cm³/mol. The number of nitrogens with two attached hydrogens (primary N) is 1. The number of hydrogen-bond acceptors (Lipinski definition) is 3. The third-order valence-corrected chi connectivity index (χ3v) is 7.87. The van der Waals surface area contributed by atoms with Gasteiger partial charge in [-0.05, 0) is 104 Å². The van der Waals surface area contributed by atoms with Crippen LogP contribution >= 0.6 is 0 Å². The maximum absolute atomic E-state index is 13.1. The molecule has 3 aromatic rings. The van der Waals surface area contributed by atoms with Gasteiger partial charge in [0.05, 0.1) is 16.9 Å². The van der Waals surface area contributed by atoms with E-state index in [1.165, 1.54) is 24.0 Å². The smallest absolute Gasteiger partial charge is 0.397 e. The Morgan fingerprint density at radius 2 is 1.74 bits per heavy atom. The number of hydrogen-bond donors (Lipinski definition) is 2. The minimum Gasteiger partial charge on any atom is -0.397 e. The van der Waals surface area contributed by atoms with Crippen LogP contribution in [0.2, 0.25) is 0 Å². The molecular formula is C31H32F3N3O. The van der Waals surface area contributed by atoms with Crippen LogP contribution in [0.4, 0.5) is 24.5 Å². The summed E-state index contributed by atoms with van der Waals surface area (Å²) in [7, 11) is 0. The summed E-state index contributed by atoms with van der Waals surface area (Å²) in [6.45, 7) is 4.16. The van der Waals surface area contributed by atoms with Crippen molar-refractivity contribution in [1.29, 1.82) is 0 Å². The Kier molecular flexibility index (Phi) is 7.30. The standard InChI is InChI=1S/C31H32F3N3O/c1-20-17-24(30(38)36-29-19-25(31(32,33)34)9-12-28(29)35)8-11-27(20)23-7-10-26(18-23)37-15-13-22(14-16-37)21-5-3-2-4-6-21/h2-9,11-12,17,19,22,26H,10,13-16,18,35H2,1H3,(H,36,38). The van der Waals surface area contributed by atoms with Crippen molar-refractivity contribution in [1.82, 2.24) is 4.90 Å². The van der Waals surface area contributed by atoms with E-state index in [1.807, 2.05) is 13.0 Å². The van der Waals surface area contributed by atoms with E-state index in [0.29, 0.717) is 17.5 Å². The van der Waals surface area contributed by atoms with Crippen LogP contribution in [0.3, 0.4) is 0 Å². The lowest BCUT2D eigenvalue weighted by Crippen LogP contribution is -2.39. The lowest BCUT2D eigenvalue weighted by molar-refractivity contribution is -0.137. The number of benzene rings is 3. The molecule has 1 unspecified atom stereocenters. The maximum Gasteiger partial charge on any atom is 0.416 e. The number of aryl methyl sites for hydroxylation is 1. The fraction of sp³-hybridized carbons (Fsp3) is 0.323. The van der Waals surface area contributed by atoms with Gasteiger partial charge in [0.1, 0.15) is 0 Å². The first-order valence-corrected chi connectivity index (χ1v) is 13.1. The van der Waals surface area contributed by atoms with Crippen molar-refractivity contribution in [2.45, 2.75) is 50.7 Å². The molecule has 7 heteroatoms. The summed E-state index contributed by atoms with van der Waals surface area (Å²) in [4.78, 5) is 15.4. The Balaban J connectivity index is 1.21. The maximum atomic E-state index is 13.1. The third-order valence-electron chi connectivity index (χ3n) is 7.87. The molecule has 0 aromatic heterocycles. The molecule has 3 N–H and O–H groups in total. The Morgan fingerprint density at radius 3 is 2.42 bits per heavy atom. The van der Waals surface area contributed by atoms with Crippen LogP contribution in [-0.2, 0) is 6.18 Å². The molecule has 0 bridgehead atoms. The highest BCUT2D eigenvalue weighted by Gasteiger charge is 2.31. The predicted octanol–water partition coefficient (Wildman–Crippen LogP) is 7.27. The minimum absolute atomic E-state index is 0.0519. The van der Waals surface area contributed by atoms with E-state index < -0.39 is 17.6 Å². The molecule has 1 aliphatic heterocycles. The van der Waals surface area contributed by atoms with Crippen molar-refractivity contribution >= 4 is 22.9 Å². The number of likely N-dealkylation sites (tertiary alicyclic amines) is 1. The molecule has 1 saturated heterocycles. The summed E-state index contributed by atoms with van der Waals surface area (Å²) in [6.07, 6.45) is 2.13. The van der Waals surface area contributed by atoms with Crippen molar-refractivity contribution in [3.8, 4) is 0 Å². The molecule has 0 saturated carbocycles. The van der Waals surface area contributed by atoms with Crippen molar-refractivity contribution in [3.05, 3.63) is 101 Å². The van der Waals surface area contributed by atoms with E-state index in [1.54, 1.807) is 12.1 Å². The number of amides is 1. The molecular weight excluding hydrogens is 487 g/mol. The zero-order chi connectivity index (χ0) is 26.9. The molecule has 0 spiro atoms. The molecule has 1 amide bonds. The SMILES string of the molecule is Cc1cc(C(=O)Nc2cc(C(F)(F)F)ccc2N)ccc1C1=CCC(N2CCC(c3ccccc3)CC2)C1. The average molecular weight is 520 g/mol. The van der Waals surface area contributed by atoms with Gasteiger partial charge in [-0.1, -0.05) is 42.5 Å². The molecule has 5 rings (SSSR count). The Bertz CT molecular complexity index is 1340. The van der Waals surface area contributed by atoms with Gasteiger partial charge < -0.3 is 11.1 Å². The van der Waals surface area contributed by atoms with Gasteiger partial charge in [0.25, 0.3) is 5.91 Å². The highest BCUT2D eigenvalue weighted by atomic mass is 19.4. The zero-order valence-electron chi connectivity index (χ0n) is 21.4. The number of anilines is 2. The number of rotatable bonds is 5. The Morgan fingerprint density at radius 1 is 1.00 bits per heavy atom. The number of nitrogen functional groups attached to an aromatic ring is 1. The Labute approximate surface area is 221 Å². The van der Waals surface area contributed by atoms with Gasteiger partial charge >= 0.3 is 6.18 Å². The van der Waals surface area contributed by atoms with Crippen LogP contribution in [0.25, 0.3) is 5.57 Å².